The Morgan fingerprint density at radius 3 is 2.91 bits per heavy atom. The van der Waals surface area contributed by atoms with Crippen LogP contribution in [0.3, 0.4) is 0 Å². The molecular formula is C9H16N2. The number of nitrogens with zero attached hydrogens (tertiary/aromatic N) is 2. The minimum Gasteiger partial charge on any atom is -0.335 e. The van der Waals surface area contributed by atoms with Crippen LogP contribution in [0.15, 0.2) is 18.7 Å². The van der Waals surface area contributed by atoms with Crippen LogP contribution in [0.4, 0.5) is 0 Å². The molecule has 0 radical (unpaired) electrons. The highest BCUT2D eigenvalue weighted by Crippen LogP contribution is 2.12. The lowest BCUT2D eigenvalue weighted by atomic mass is 10.1. The Morgan fingerprint density at radius 2 is 2.36 bits per heavy atom. The predicted molar refractivity (Wildman–Crippen MR) is 46.5 cm³/mol. The van der Waals surface area contributed by atoms with E-state index in [-0.39, 0.29) is 0 Å². The number of aromatic nitrogens is 2. The van der Waals surface area contributed by atoms with Gasteiger partial charge in [0.25, 0.3) is 0 Å². The number of hydrogen-bond donors (Lipinski definition) is 0. The van der Waals surface area contributed by atoms with Crippen molar-refractivity contribution in [1.29, 1.82) is 0 Å². The van der Waals surface area contributed by atoms with Crippen molar-refractivity contribution in [3.8, 4) is 0 Å². The van der Waals surface area contributed by atoms with Crippen LogP contribution in [0.2, 0.25) is 0 Å². The smallest absolute Gasteiger partial charge is 0.0948 e. The van der Waals surface area contributed by atoms with Gasteiger partial charge in [-0.25, -0.2) is 4.98 Å². The molecule has 0 aliphatic rings. The van der Waals surface area contributed by atoms with Crippen LogP contribution in [-0.2, 0) is 0 Å². The van der Waals surface area contributed by atoms with E-state index in [4.69, 9.17) is 0 Å². The van der Waals surface area contributed by atoms with Crippen molar-refractivity contribution in [2.24, 2.45) is 0 Å². The standard InChI is InChI=1S/C9H16N2/c1-3-4-5-9(2)11-7-6-10-8-11/h6-9H,3-5H2,1-2H3. The first-order chi connectivity index (χ1) is 5.34. The number of rotatable bonds is 4. The second kappa shape index (κ2) is 4.16. The van der Waals surface area contributed by atoms with Crippen molar-refractivity contribution in [3.05, 3.63) is 18.7 Å². The molecule has 1 unspecified atom stereocenters. The van der Waals surface area contributed by atoms with Crippen LogP contribution in [0.5, 0.6) is 0 Å². The fourth-order valence-electron chi connectivity index (χ4n) is 1.18. The summed E-state index contributed by atoms with van der Waals surface area (Å²) in [6.45, 7) is 4.46. The van der Waals surface area contributed by atoms with E-state index in [1.165, 1.54) is 19.3 Å². The largest absolute Gasteiger partial charge is 0.335 e. The van der Waals surface area contributed by atoms with Crippen molar-refractivity contribution < 1.29 is 0 Å². The second-order valence-electron chi connectivity index (χ2n) is 3.00. The molecule has 11 heavy (non-hydrogen) atoms. The topological polar surface area (TPSA) is 17.8 Å². The van der Waals surface area contributed by atoms with E-state index in [1.54, 1.807) is 0 Å². The first-order valence-electron chi connectivity index (χ1n) is 4.32. The zero-order valence-corrected chi connectivity index (χ0v) is 7.33. The minimum atomic E-state index is 0.609. The molecule has 1 rings (SSSR count). The van der Waals surface area contributed by atoms with Gasteiger partial charge in [0.1, 0.15) is 0 Å². The van der Waals surface area contributed by atoms with Gasteiger partial charge < -0.3 is 4.57 Å². The Bertz CT molecular complexity index is 179. The fourth-order valence-corrected chi connectivity index (χ4v) is 1.18. The first-order valence-corrected chi connectivity index (χ1v) is 4.32. The SMILES string of the molecule is CCCCC(C)n1ccnc1. The molecule has 1 aromatic rings. The molecule has 0 amide bonds. The Labute approximate surface area is 68.3 Å². The Balaban J connectivity index is 2.36. The fraction of sp³-hybridized carbons (Fsp3) is 0.667. The molecule has 0 spiro atoms. The number of imidazole rings is 1. The molecule has 0 aromatic carbocycles. The summed E-state index contributed by atoms with van der Waals surface area (Å²) in [6.07, 6.45) is 9.59. The van der Waals surface area contributed by atoms with E-state index in [0.29, 0.717) is 6.04 Å². The van der Waals surface area contributed by atoms with Crippen LogP contribution >= 0.6 is 0 Å². The van der Waals surface area contributed by atoms with Crippen LogP contribution in [0, 0.1) is 0 Å². The van der Waals surface area contributed by atoms with Gasteiger partial charge in [-0.15, -0.1) is 0 Å². The first kappa shape index (κ1) is 8.31. The summed E-state index contributed by atoms with van der Waals surface area (Å²) in [4.78, 5) is 4.01. The molecule has 0 saturated carbocycles. The Hall–Kier alpha value is -0.790. The van der Waals surface area contributed by atoms with Gasteiger partial charge in [0.05, 0.1) is 6.33 Å². The maximum absolute atomic E-state index is 4.01. The van der Waals surface area contributed by atoms with Crippen molar-refractivity contribution >= 4 is 0 Å². The quantitative estimate of drug-likeness (QED) is 0.648. The van der Waals surface area contributed by atoms with Crippen molar-refractivity contribution in [3.63, 3.8) is 0 Å². The maximum Gasteiger partial charge on any atom is 0.0948 e. The lowest BCUT2D eigenvalue weighted by Gasteiger charge is -2.11. The third kappa shape index (κ3) is 2.37. The molecule has 1 atom stereocenters. The molecule has 2 heteroatoms. The zero-order valence-electron chi connectivity index (χ0n) is 7.33. The molecule has 1 aromatic heterocycles. The van der Waals surface area contributed by atoms with E-state index in [9.17, 15) is 0 Å². The molecule has 0 bridgehead atoms. The summed E-state index contributed by atoms with van der Waals surface area (Å²) in [5, 5.41) is 0. The highest BCUT2D eigenvalue weighted by Gasteiger charge is 2.00. The predicted octanol–water partition coefficient (Wildman–Crippen LogP) is 2.63. The van der Waals surface area contributed by atoms with Crippen molar-refractivity contribution in [2.75, 3.05) is 0 Å². The van der Waals surface area contributed by atoms with E-state index < -0.39 is 0 Å². The van der Waals surface area contributed by atoms with Gasteiger partial charge in [-0.1, -0.05) is 19.8 Å². The highest BCUT2D eigenvalue weighted by atomic mass is 15.0. The summed E-state index contributed by atoms with van der Waals surface area (Å²) in [5.74, 6) is 0. The van der Waals surface area contributed by atoms with Gasteiger partial charge in [0.2, 0.25) is 0 Å². The molecule has 1 heterocycles. The summed E-state index contributed by atoms with van der Waals surface area (Å²) >= 11 is 0. The van der Waals surface area contributed by atoms with Gasteiger partial charge in [0.15, 0.2) is 0 Å². The monoisotopic (exact) mass is 152 g/mol. The van der Waals surface area contributed by atoms with E-state index in [0.717, 1.165) is 0 Å². The third-order valence-electron chi connectivity index (χ3n) is 2.01. The summed E-state index contributed by atoms with van der Waals surface area (Å²) < 4.78 is 2.16. The van der Waals surface area contributed by atoms with Crippen LogP contribution < -0.4 is 0 Å². The maximum atomic E-state index is 4.01. The highest BCUT2D eigenvalue weighted by molar-refractivity contribution is 4.78. The molecular weight excluding hydrogens is 136 g/mol. The number of unbranched alkanes of at least 4 members (excludes halogenated alkanes) is 1. The normalized spacial score (nSPS) is 13.3. The van der Waals surface area contributed by atoms with Gasteiger partial charge in [0, 0.05) is 18.4 Å². The average Bonchev–Trinajstić information content (AvgIpc) is 2.52. The molecule has 0 aliphatic carbocycles. The Morgan fingerprint density at radius 1 is 1.55 bits per heavy atom. The van der Waals surface area contributed by atoms with Gasteiger partial charge in [-0.05, 0) is 13.3 Å². The lowest BCUT2D eigenvalue weighted by molar-refractivity contribution is 0.485. The summed E-state index contributed by atoms with van der Waals surface area (Å²) in [6, 6.07) is 0.609. The zero-order chi connectivity index (χ0) is 8.10. The Kier molecular flexibility index (Phi) is 3.14. The molecule has 62 valence electrons. The summed E-state index contributed by atoms with van der Waals surface area (Å²) in [7, 11) is 0. The third-order valence-corrected chi connectivity index (χ3v) is 2.01. The van der Waals surface area contributed by atoms with Crippen LogP contribution in [-0.4, -0.2) is 9.55 Å². The molecule has 0 N–H and O–H groups in total. The van der Waals surface area contributed by atoms with E-state index in [1.807, 2.05) is 18.7 Å². The second-order valence-corrected chi connectivity index (χ2v) is 3.00. The van der Waals surface area contributed by atoms with Crippen LogP contribution in [0.25, 0.3) is 0 Å². The van der Waals surface area contributed by atoms with Gasteiger partial charge >= 0.3 is 0 Å². The lowest BCUT2D eigenvalue weighted by Crippen LogP contribution is -2.01. The number of hydrogen-bond acceptors (Lipinski definition) is 1. The van der Waals surface area contributed by atoms with Gasteiger partial charge in [-0.2, -0.15) is 0 Å². The minimum absolute atomic E-state index is 0.609. The van der Waals surface area contributed by atoms with E-state index in [2.05, 4.69) is 23.4 Å². The summed E-state index contributed by atoms with van der Waals surface area (Å²) in [5.41, 5.74) is 0. The van der Waals surface area contributed by atoms with E-state index >= 15 is 0 Å². The van der Waals surface area contributed by atoms with Crippen molar-refractivity contribution in [1.82, 2.24) is 9.55 Å². The van der Waals surface area contributed by atoms with Crippen LogP contribution in [0.1, 0.15) is 39.2 Å². The molecule has 0 aliphatic heterocycles. The molecule has 0 fully saturated rings. The van der Waals surface area contributed by atoms with Gasteiger partial charge in [-0.3, -0.25) is 0 Å². The molecule has 0 saturated heterocycles. The molecule has 2 nitrogen and oxygen atoms in total. The van der Waals surface area contributed by atoms with Crippen molar-refractivity contribution in [2.45, 2.75) is 39.2 Å². The average molecular weight is 152 g/mol.